The van der Waals surface area contributed by atoms with Crippen molar-refractivity contribution in [3.63, 3.8) is 0 Å². The Hall–Kier alpha value is -1.62. The van der Waals surface area contributed by atoms with Crippen molar-refractivity contribution in [1.82, 2.24) is 0 Å². The molecule has 0 heterocycles. The van der Waals surface area contributed by atoms with Crippen LogP contribution in [0.5, 0.6) is 0 Å². The molecule has 2 heteroatoms. The highest BCUT2D eigenvalue weighted by molar-refractivity contribution is 5.91. The van der Waals surface area contributed by atoms with E-state index in [0.717, 1.165) is 17.4 Å². The first-order valence-electron chi connectivity index (χ1n) is 8.24. The van der Waals surface area contributed by atoms with Crippen molar-refractivity contribution in [3.8, 4) is 6.07 Å². The summed E-state index contributed by atoms with van der Waals surface area (Å²) in [5.74, 6) is 2.66. The van der Waals surface area contributed by atoms with Gasteiger partial charge in [0.25, 0.3) is 0 Å². The number of ketones is 1. The largest absolute Gasteiger partial charge is 0.298 e. The Morgan fingerprint density at radius 3 is 2.10 bits per heavy atom. The van der Waals surface area contributed by atoms with Gasteiger partial charge in [-0.15, -0.1) is 0 Å². The first kappa shape index (κ1) is 13.1. The highest BCUT2D eigenvalue weighted by Crippen LogP contribution is 2.57. The van der Waals surface area contributed by atoms with Crippen LogP contribution in [0.15, 0.2) is 30.3 Å². The second-order valence-electron chi connectivity index (χ2n) is 7.33. The van der Waals surface area contributed by atoms with Gasteiger partial charge in [-0.05, 0) is 61.3 Å². The van der Waals surface area contributed by atoms with Gasteiger partial charge in [0.1, 0.15) is 5.92 Å². The summed E-state index contributed by atoms with van der Waals surface area (Å²) in [7, 11) is 0. The SMILES string of the molecule is N#CC(C(=O)C1C2CC3CC(C2)CC1C3)c1ccccc1. The second-order valence-corrected chi connectivity index (χ2v) is 7.33. The lowest BCUT2D eigenvalue weighted by Gasteiger charge is -2.54. The molecule has 0 spiro atoms. The van der Waals surface area contributed by atoms with Crippen molar-refractivity contribution in [3.05, 3.63) is 35.9 Å². The van der Waals surface area contributed by atoms with Gasteiger partial charge in [-0.3, -0.25) is 4.79 Å². The van der Waals surface area contributed by atoms with Gasteiger partial charge in [-0.2, -0.15) is 5.26 Å². The van der Waals surface area contributed by atoms with Gasteiger partial charge >= 0.3 is 0 Å². The first-order valence-corrected chi connectivity index (χ1v) is 8.24. The number of Topliss-reactive ketones (excluding diaryl/α,β-unsaturated/α-hetero) is 1. The van der Waals surface area contributed by atoms with Crippen molar-refractivity contribution in [2.24, 2.45) is 29.6 Å². The molecule has 21 heavy (non-hydrogen) atoms. The number of nitriles is 1. The second kappa shape index (κ2) is 4.98. The van der Waals surface area contributed by atoms with E-state index >= 15 is 0 Å². The molecule has 4 aliphatic carbocycles. The van der Waals surface area contributed by atoms with E-state index < -0.39 is 5.92 Å². The van der Waals surface area contributed by atoms with Crippen LogP contribution in [0.2, 0.25) is 0 Å². The first-order chi connectivity index (χ1) is 10.3. The average molecular weight is 279 g/mol. The third-order valence-corrected chi connectivity index (χ3v) is 6.10. The number of carbonyl (C=O) groups is 1. The molecule has 0 N–H and O–H groups in total. The van der Waals surface area contributed by atoms with Crippen LogP contribution in [-0.2, 0) is 4.79 Å². The van der Waals surface area contributed by atoms with Gasteiger partial charge < -0.3 is 0 Å². The number of benzene rings is 1. The molecule has 0 radical (unpaired) electrons. The smallest absolute Gasteiger partial charge is 0.158 e. The molecule has 1 unspecified atom stereocenters. The van der Waals surface area contributed by atoms with E-state index in [4.69, 9.17) is 0 Å². The Morgan fingerprint density at radius 2 is 1.57 bits per heavy atom. The number of nitrogens with zero attached hydrogens (tertiary/aromatic N) is 1. The summed E-state index contributed by atoms with van der Waals surface area (Å²) in [4.78, 5) is 13.0. The monoisotopic (exact) mass is 279 g/mol. The van der Waals surface area contributed by atoms with E-state index in [2.05, 4.69) is 6.07 Å². The van der Waals surface area contributed by atoms with Crippen LogP contribution in [0.4, 0.5) is 0 Å². The Balaban J connectivity index is 1.61. The quantitative estimate of drug-likeness (QED) is 0.841. The fourth-order valence-electron chi connectivity index (χ4n) is 5.53. The Labute approximate surface area is 126 Å². The van der Waals surface area contributed by atoms with Crippen molar-refractivity contribution < 1.29 is 4.79 Å². The molecule has 1 aromatic rings. The highest BCUT2D eigenvalue weighted by Gasteiger charge is 2.51. The number of carbonyl (C=O) groups excluding carboxylic acids is 1. The zero-order valence-corrected chi connectivity index (χ0v) is 12.2. The number of rotatable bonds is 3. The van der Waals surface area contributed by atoms with E-state index in [-0.39, 0.29) is 11.7 Å². The summed E-state index contributed by atoms with van der Waals surface area (Å²) in [5.41, 5.74) is 0.874. The predicted octanol–water partition coefficient (Wildman–Crippen LogP) is 3.94. The molecule has 4 bridgehead atoms. The summed E-state index contributed by atoms with van der Waals surface area (Å²) in [6.45, 7) is 0. The molecule has 4 saturated carbocycles. The number of hydrogen-bond acceptors (Lipinski definition) is 2. The normalized spacial score (nSPS) is 38.0. The zero-order chi connectivity index (χ0) is 14.4. The van der Waals surface area contributed by atoms with Crippen LogP contribution in [-0.4, -0.2) is 5.78 Å². The molecule has 0 aromatic heterocycles. The lowest BCUT2D eigenvalue weighted by Crippen LogP contribution is -2.48. The molecule has 1 aromatic carbocycles. The van der Waals surface area contributed by atoms with Crippen LogP contribution in [0.3, 0.4) is 0 Å². The number of hydrogen-bond donors (Lipinski definition) is 0. The molecular weight excluding hydrogens is 258 g/mol. The fraction of sp³-hybridized carbons (Fsp3) is 0.579. The molecule has 4 aliphatic rings. The molecule has 2 nitrogen and oxygen atoms in total. The van der Waals surface area contributed by atoms with Gasteiger partial charge in [-0.25, -0.2) is 0 Å². The van der Waals surface area contributed by atoms with Crippen LogP contribution in [0, 0.1) is 40.9 Å². The van der Waals surface area contributed by atoms with E-state index in [1.165, 1.54) is 32.1 Å². The fourth-order valence-corrected chi connectivity index (χ4v) is 5.53. The van der Waals surface area contributed by atoms with Crippen LogP contribution in [0.25, 0.3) is 0 Å². The van der Waals surface area contributed by atoms with Crippen molar-refractivity contribution in [2.75, 3.05) is 0 Å². The maximum Gasteiger partial charge on any atom is 0.158 e. The summed E-state index contributed by atoms with van der Waals surface area (Å²) in [6.07, 6.45) is 6.33. The van der Waals surface area contributed by atoms with Crippen LogP contribution in [0.1, 0.15) is 43.6 Å². The van der Waals surface area contributed by atoms with Gasteiger partial charge in [0.15, 0.2) is 5.78 Å². The zero-order valence-electron chi connectivity index (χ0n) is 12.2. The third kappa shape index (κ3) is 2.11. The minimum Gasteiger partial charge on any atom is -0.298 e. The minimum absolute atomic E-state index is 0.155. The predicted molar refractivity (Wildman–Crippen MR) is 80.3 cm³/mol. The van der Waals surface area contributed by atoms with Gasteiger partial charge in [0.2, 0.25) is 0 Å². The Morgan fingerprint density at radius 1 is 1.00 bits per heavy atom. The van der Waals surface area contributed by atoms with Crippen molar-refractivity contribution >= 4 is 5.78 Å². The van der Waals surface area contributed by atoms with E-state index in [9.17, 15) is 10.1 Å². The molecular formula is C19H21NO. The lowest BCUT2D eigenvalue weighted by atomic mass is 9.50. The van der Waals surface area contributed by atoms with Crippen molar-refractivity contribution in [2.45, 2.75) is 38.0 Å². The summed E-state index contributed by atoms with van der Waals surface area (Å²) in [5, 5.41) is 9.53. The van der Waals surface area contributed by atoms with E-state index in [1.54, 1.807) is 0 Å². The third-order valence-electron chi connectivity index (χ3n) is 6.10. The minimum atomic E-state index is -0.561. The van der Waals surface area contributed by atoms with Crippen LogP contribution >= 0.6 is 0 Å². The van der Waals surface area contributed by atoms with Gasteiger partial charge in [-0.1, -0.05) is 30.3 Å². The maximum absolute atomic E-state index is 13.0. The van der Waals surface area contributed by atoms with Crippen LogP contribution < -0.4 is 0 Å². The molecule has 108 valence electrons. The maximum atomic E-state index is 13.0. The topological polar surface area (TPSA) is 40.9 Å². The molecule has 0 saturated heterocycles. The standard InChI is InChI=1S/C19H21NO/c20-11-17(14-4-2-1-3-5-14)19(21)18-15-7-12-6-13(9-15)10-16(18)8-12/h1-5,12-13,15-18H,6-10H2. The Kier molecular flexibility index (Phi) is 3.10. The highest BCUT2D eigenvalue weighted by atomic mass is 16.1. The lowest BCUT2D eigenvalue weighted by molar-refractivity contribution is -0.136. The summed E-state index contributed by atoms with van der Waals surface area (Å²) in [6, 6.07) is 11.9. The molecule has 5 rings (SSSR count). The molecule has 0 aliphatic heterocycles. The van der Waals surface area contributed by atoms with E-state index in [1.807, 2.05) is 30.3 Å². The molecule has 4 fully saturated rings. The van der Waals surface area contributed by atoms with Crippen molar-refractivity contribution in [1.29, 1.82) is 5.26 Å². The molecule has 0 amide bonds. The van der Waals surface area contributed by atoms with E-state index in [0.29, 0.717) is 11.8 Å². The average Bonchev–Trinajstić information content (AvgIpc) is 2.48. The molecule has 1 atom stereocenters. The summed E-state index contributed by atoms with van der Waals surface area (Å²) < 4.78 is 0. The Bertz CT molecular complexity index is 557. The summed E-state index contributed by atoms with van der Waals surface area (Å²) >= 11 is 0. The van der Waals surface area contributed by atoms with Gasteiger partial charge in [0.05, 0.1) is 6.07 Å². The van der Waals surface area contributed by atoms with Gasteiger partial charge in [0, 0.05) is 5.92 Å².